The number of rotatable bonds is 4. The third-order valence-electron chi connectivity index (χ3n) is 6.40. The molecule has 0 heterocycles. The minimum Gasteiger partial charge on any atom is -0.267 e. The van der Waals surface area contributed by atoms with Crippen molar-refractivity contribution in [1.29, 1.82) is 0 Å². The summed E-state index contributed by atoms with van der Waals surface area (Å²) in [6.07, 6.45) is 8.98. The Hall–Kier alpha value is -1.35. The molecule has 1 aromatic carbocycles. The molecule has 4 bridgehead atoms. The lowest BCUT2D eigenvalue weighted by atomic mass is 9.48. The van der Waals surface area contributed by atoms with Gasteiger partial charge in [-0.3, -0.25) is 4.79 Å². The first-order valence-corrected chi connectivity index (χ1v) is 9.59. The SMILES string of the molecule is CCC(=NNC(=O)c1ccccc1Cl)C12CC3CC(CC(C3)C1)C2. The van der Waals surface area contributed by atoms with Crippen molar-refractivity contribution in [3.63, 3.8) is 0 Å². The zero-order valence-electron chi connectivity index (χ0n) is 14.2. The number of nitrogens with zero attached hydrogens (tertiary/aromatic N) is 1. The molecule has 4 aliphatic rings. The highest BCUT2D eigenvalue weighted by Gasteiger charge is 2.52. The van der Waals surface area contributed by atoms with E-state index in [1.54, 1.807) is 12.1 Å². The quantitative estimate of drug-likeness (QED) is 0.602. The first-order valence-electron chi connectivity index (χ1n) is 9.21. The summed E-state index contributed by atoms with van der Waals surface area (Å²) in [5.74, 6) is 2.43. The number of hydrogen-bond acceptors (Lipinski definition) is 2. The van der Waals surface area contributed by atoms with Crippen molar-refractivity contribution in [2.75, 3.05) is 0 Å². The lowest BCUT2D eigenvalue weighted by Crippen LogP contribution is -2.50. The summed E-state index contributed by atoms with van der Waals surface area (Å²) >= 11 is 6.12. The molecule has 0 aromatic heterocycles. The molecule has 0 unspecified atom stereocenters. The molecular weight excluding hydrogens is 320 g/mol. The molecule has 4 heteroatoms. The van der Waals surface area contributed by atoms with E-state index in [0.717, 1.165) is 24.2 Å². The second kappa shape index (κ2) is 6.18. The number of hydrogen-bond donors (Lipinski definition) is 1. The van der Waals surface area contributed by atoms with Crippen LogP contribution in [-0.2, 0) is 0 Å². The molecule has 0 saturated heterocycles. The van der Waals surface area contributed by atoms with E-state index in [1.165, 1.54) is 44.2 Å². The van der Waals surface area contributed by atoms with Gasteiger partial charge < -0.3 is 0 Å². The van der Waals surface area contributed by atoms with Gasteiger partial charge in [-0.1, -0.05) is 30.7 Å². The summed E-state index contributed by atoms with van der Waals surface area (Å²) in [5.41, 5.74) is 4.71. The van der Waals surface area contributed by atoms with Crippen LogP contribution in [0.2, 0.25) is 5.02 Å². The molecular formula is C20H25ClN2O. The van der Waals surface area contributed by atoms with Gasteiger partial charge in [0.15, 0.2) is 0 Å². The third kappa shape index (κ3) is 2.77. The van der Waals surface area contributed by atoms with Crippen molar-refractivity contribution < 1.29 is 4.79 Å². The second-order valence-corrected chi connectivity index (χ2v) is 8.44. The molecule has 128 valence electrons. The summed E-state index contributed by atoms with van der Waals surface area (Å²) in [7, 11) is 0. The second-order valence-electron chi connectivity index (χ2n) is 8.03. The number of halogens is 1. The van der Waals surface area contributed by atoms with Crippen LogP contribution in [0.3, 0.4) is 0 Å². The van der Waals surface area contributed by atoms with Crippen LogP contribution in [-0.4, -0.2) is 11.6 Å². The molecule has 3 nitrogen and oxygen atoms in total. The average Bonchev–Trinajstić information content (AvgIpc) is 2.54. The Labute approximate surface area is 148 Å². The Morgan fingerprint density at radius 3 is 2.29 bits per heavy atom. The zero-order chi connectivity index (χ0) is 16.7. The molecule has 4 aliphatic carbocycles. The number of benzene rings is 1. The maximum Gasteiger partial charge on any atom is 0.272 e. The van der Waals surface area contributed by atoms with Gasteiger partial charge >= 0.3 is 0 Å². The van der Waals surface area contributed by atoms with Crippen LogP contribution < -0.4 is 5.43 Å². The number of nitrogens with one attached hydrogen (secondary N) is 1. The van der Waals surface area contributed by atoms with Crippen LogP contribution >= 0.6 is 11.6 Å². The van der Waals surface area contributed by atoms with E-state index in [1.807, 2.05) is 12.1 Å². The van der Waals surface area contributed by atoms with Crippen LogP contribution in [0, 0.1) is 23.2 Å². The maximum absolute atomic E-state index is 12.4. The van der Waals surface area contributed by atoms with Crippen molar-refractivity contribution >= 4 is 23.2 Å². The van der Waals surface area contributed by atoms with Crippen LogP contribution in [0.15, 0.2) is 29.4 Å². The number of carbonyl (C=O) groups excluding carboxylic acids is 1. The molecule has 0 radical (unpaired) electrons. The molecule has 5 rings (SSSR count). The molecule has 0 spiro atoms. The smallest absolute Gasteiger partial charge is 0.267 e. The van der Waals surface area contributed by atoms with E-state index < -0.39 is 0 Å². The van der Waals surface area contributed by atoms with Crippen molar-refractivity contribution in [1.82, 2.24) is 5.43 Å². The van der Waals surface area contributed by atoms with Gasteiger partial charge in [-0.05, 0) is 74.8 Å². The van der Waals surface area contributed by atoms with Gasteiger partial charge in [0.25, 0.3) is 5.91 Å². The summed E-state index contributed by atoms with van der Waals surface area (Å²) in [4.78, 5) is 12.4. The summed E-state index contributed by atoms with van der Waals surface area (Å²) < 4.78 is 0. The van der Waals surface area contributed by atoms with Crippen molar-refractivity contribution in [2.45, 2.75) is 51.9 Å². The first-order chi connectivity index (χ1) is 11.6. The van der Waals surface area contributed by atoms with Crippen molar-refractivity contribution in [2.24, 2.45) is 28.3 Å². The van der Waals surface area contributed by atoms with E-state index in [9.17, 15) is 4.79 Å². The van der Waals surface area contributed by atoms with Crippen molar-refractivity contribution in [3.8, 4) is 0 Å². The lowest BCUT2D eigenvalue weighted by molar-refractivity contribution is -0.0134. The monoisotopic (exact) mass is 344 g/mol. The molecule has 0 atom stereocenters. The van der Waals surface area contributed by atoms with Gasteiger partial charge in [0.2, 0.25) is 0 Å². The molecule has 1 N–H and O–H groups in total. The van der Waals surface area contributed by atoms with Gasteiger partial charge in [-0.15, -0.1) is 0 Å². The van der Waals surface area contributed by atoms with E-state index in [0.29, 0.717) is 10.6 Å². The fourth-order valence-electron chi connectivity index (χ4n) is 5.86. The van der Waals surface area contributed by atoms with Crippen molar-refractivity contribution in [3.05, 3.63) is 34.9 Å². The Balaban J connectivity index is 1.54. The van der Waals surface area contributed by atoms with E-state index in [-0.39, 0.29) is 11.3 Å². The van der Waals surface area contributed by atoms with Crippen LogP contribution in [0.1, 0.15) is 62.2 Å². The molecule has 1 aromatic rings. The molecule has 4 saturated carbocycles. The Bertz CT molecular complexity index is 647. The zero-order valence-corrected chi connectivity index (χ0v) is 15.0. The number of amides is 1. The fraction of sp³-hybridized carbons (Fsp3) is 0.600. The summed E-state index contributed by atoms with van der Waals surface area (Å²) in [5, 5.41) is 5.08. The van der Waals surface area contributed by atoms with Crippen LogP contribution in [0.5, 0.6) is 0 Å². The summed E-state index contributed by atoms with van der Waals surface area (Å²) in [6, 6.07) is 7.13. The summed E-state index contributed by atoms with van der Waals surface area (Å²) in [6.45, 7) is 2.17. The molecule has 24 heavy (non-hydrogen) atoms. The van der Waals surface area contributed by atoms with Gasteiger partial charge in [-0.2, -0.15) is 5.10 Å². The van der Waals surface area contributed by atoms with E-state index in [2.05, 4.69) is 17.5 Å². The van der Waals surface area contributed by atoms with Gasteiger partial charge in [-0.25, -0.2) is 5.43 Å². The van der Waals surface area contributed by atoms with Gasteiger partial charge in [0, 0.05) is 11.1 Å². The first kappa shape index (κ1) is 16.1. The van der Waals surface area contributed by atoms with Gasteiger partial charge in [0.1, 0.15) is 0 Å². The van der Waals surface area contributed by atoms with E-state index in [4.69, 9.17) is 11.6 Å². The van der Waals surface area contributed by atoms with E-state index >= 15 is 0 Å². The number of hydrazone groups is 1. The average molecular weight is 345 g/mol. The highest BCUT2D eigenvalue weighted by atomic mass is 35.5. The van der Waals surface area contributed by atoms with Crippen LogP contribution in [0.25, 0.3) is 0 Å². The number of carbonyl (C=O) groups is 1. The van der Waals surface area contributed by atoms with Gasteiger partial charge in [0.05, 0.1) is 10.6 Å². The fourth-order valence-corrected chi connectivity index (χ4v) is 6.08. The lowest BCUT2D eigenvalue weighted by Gasteiger charge is -2.57. The highest BCUT2D eigenvalue weighted by molar-refractivity contribution is 6.33. The minimum atomic E-state index is -0.212. The predicted octanol–water partition coefficient (Wildman–Crippen LogP) is 5.05. The predicted molar refractivity (Wildman–Crippen MR) is 97.2 cm³/mol. The molecule has 0 aliphatic heterocycles. The topological polar surface area (TPSA) is 41.5 Å². The highest BCUT2D eigenvalue weighted by Crippen LogP contribution is 2.60. The van der Waals surface area contributed by atoms with Crippen LogP contribution in [0.4, 0.5) is 0 Å². The largest absolute Gasteiger partial charge is 0.272 e. The molecule has 4 fully saturated rings. The maximum atomic E-state index is 12.4. The normalized spacial score (nSPS) is 34.4. The standard InChI is InChI=1S/C20H25ClN2O/c1-2-18(22-23-19(24)16-5-3-4-6-17(16)21)20-10-13-7-14(11-20)9-15(8-13)12-20/h3-6,13-15H,2,7-12H2,1H3,(H,23,24). The third-order valence-corrected chi connectivity index (χ3v) is 6.73. The minimum absolute atomic E-state index is 0.212. The Morgan fingerprint density at radius 1 is 1.17 bits per heavy atom. The Morgan fingerprint density at radius 2 is 1.75 bits per heavy atom. The Kier molecular flexibility index (Phi) is 4.16. The molecule has 1 amide bonds.